The number of halogens is 2. The van der Waals surface area contributed by atoms with Crippen molar-refractivity contribution in [2.75, 3.05) is 0 Å². The Balaban J connectivity index is 0.000000431. The van der Waals surface area contributed by atoms with Crippen LogP contribution in [0.5, 0.6) is 0 Å². The summed E-state index contributed by atoms with van der Waals surface area (Å²) in [6.07, 6.45) is 6.90. The molecule has 0 radical (unpaired) electrons. The van der Waals surface area contributed by atoms with E-state index in [9.17, 15) is 8.78 Å². The third-order valence-corrected chi connectivity index (χ3v) is 5.30. The Labute approximate surface area is 170 Å². The number of fused-ring (bicyclic) bond motifs is 3. The summed E-state index contributed by atoms with van der Waals surface area (Å²) in [5, 5.41) is 14.2. The van der Waals surface area contributed by atoms with Gasteiger partial charge in [-0.15, -0.1) is 0 Å². The molecule has 1 atom stereocenters. The number of rotatable bonds is 4. The van der Waals surface area contributed by atoms with Crippen LogP contribution in [0.3, 0.4) is 0 Å². The molecule has 29 heavy (non-hydrogen) atoms. The third kappa shape index (κ3) is 4.16. The predicted octanol–water partition coefficient (Wildman–Crippen LogP) is 6.65. The van der Waals surface area contributed by atoms with Gasteiger partial charge in [0.15, 0.2) is 0 Å². The van der Waals surface area contributed by atoms with E-state index in [0.717, 1.165) is 28.1 Å². The van der Waals surface area contributed by atoms with Crippen LogP contribution >= 0.6 is 0 Å². The van der Waals surface area contributed by atoms with Crippen LogP contribution in [-0.2, 0) is 6.42 Å². The van der Waals surface area contributed by atoms with Crippen molar-refractivity contribution in [1.29, 1.82) is 0 Å². The van der Waals surface area contributed by atoms with Gasteiger partial charge in [-0.05, 0) is 36.6 Å². The smallest absolute Gasteiger partial charge is 0.131 e. The number of nitrogens with zero attached hydrogens (tertiary/aromatic N) is 2. The third-order valence-electron chi connectivity index (χ3n) is 5.30. The fourth-order valence-electron chi connectivity index (χ4n) is 3.76. The van der Waals surface area contributed by atoms with Crippen LogP contribution in [0.2, 0.25) is 0 Å². The molecule has 4 nitrogen and oxygen atoms in total. The number of hydrogen-bond acceptors (Lipinski definition) is 2. The minimum Gasteiger partial charge on any atom is -0.277 e. The molecule has 1 aliphatic rings. The molecule has 0 saturated heterocycles. The molecular weight excluding hydrogens is 370 g/mol. The predicted molar refractivity (Wildman–Crippen MR) is 113 cm³/mol. The SMILES string of the molecule is C/C(=C1/Cc2cn[nH]c2-c2cn[nH]c21)c1c(F)cccc1C(C)F.CCCCC. The van der Waals surface area contributed by atoms with E-state index in [1.165, 1.54) is 32.3 Å². The first-order valence-corrected chi connectivity index (χ1v) is 10.2. The number of hydrogen-bond donors (Lipinski definition) is 2. The van der Waals surface area contributed by atoms with Crippen molar-refractivity contribution in [2.24, 2.45) is 0 Å². The number of unbranched alkanes of at least 4 members (excludes halogenated alkanes) is 2. The highest BCUT2D eigenvalue weighted by Gasteiger charge is 2.27. The molecule has 1 unspecified atom stereocenters. The average molecular weight is 399 g/mol. The first-order valence-electron chi connectivity index (χ1n) is 10.2. The molecule has 1 aromatic carbocycles. The van der Waals surface area contributed by atoms with Crippen molar-refractivity contribution in [1.82, 2.24) is 20.4 Å². The highest BCUT2D eigenvalue weighted by molar-refractivity contribution is 5.97. The minimum absolute atomic E-state index is 0.329. The van der Waals surface area contributed by atoms with Crippen molar-refractivity contribution in [2.45, 2.75) is 59.5 Å². The normalized spacial score (nSPS) is 15.1. The van der Waals surface area contributed by atoms with Gasteiger partial charge in [0, 0.05) is 23.1 Å². The number of allylic oxidation sites excluding steroid dienone is 2. The maximum atomic E-state index is 14.5. The van der Waals surface area contributed by atoms with Crippen LogP contribution in [-0.4, -0.2) is 20.4 Å². The van der Waals surface area contributed by atoms with Gasteiger partial charge in [-0.1, -0.05) is 45.2 Å². The molecule has 3 aromatic rings. The summed E-state index contributed by atoms with van der Waals surface area (Å²) in [5.74, 6) is -0.416. The zero-order valence-corrected chi connectivity index (χ0v) is 17.4. The molecule has 4 rings (SSSR count). The molecular formula is C23H28F2N4. The first-order chi connectivity index (χ1) is 14.0. The number of nitrogens with one attached hydrogen (secondary N) is 2. The van der Waals surface area contributed by atoms with Crippen LogP contribution in [0.4, 0.5) is 8.78 Å². The van der Waals surface area contributed by atoms with Gasteiger partial charge in [-0.2, -0.15) is 10.2 Å². The van der Waals surface area contributed by atoms with Crippen molar-refractivity contribution in [3.8, 4) is 11.3 Å². The lowest BCUT2D eigenvalue weighted by atomic mass is 9.85. The van der Waals surface area contributed by atoms with Crippen LogP contribution < -0.4 is 0 Å². The Morgan fingerprint density at radius 1 is 1.10 bits per heavy atom. The van der Waals surface area contributed by atoms with Crippen LogP contribution in [0.15, 0.2) is 30.6 Å². The van der Waals surface area contributed by atoms with E-state index in [0.29, 0.717) is 23.1 Å². The van der Waals surface area contributed by atoms with E-state index in [4.69, 9.17) is 0 Å². The molecule has 1 aliphatic carbocycles. The number of aromatic nitrogens is 4. The Morgan fingerprint density at radius 3 is 2.45 bits per heavy atom. The van der Waals surface area contributed by atoms with E-state index in [1.807, 2.05) is 6.92 Å². The molecule has 2 N–H and O–H groups in total. The summed E-state index contributed by atoms with van der Waals surface area (Å²) in [7, 11) is 0. The zero-order chi connectivity index (χ0) is 21.0. The van der Waals surface area contributed by atoms with E-state index >= 15 is 0 Å². The maximum Gasteiger partial charge on any atom is 0.131 e. The topological polar surface area (TPSA) is 57.4 Å². The standard InChI is InChI=1S/C18H16F2N4.C5H12/c1-9(16-12(10(2)19)4-3-5-15(16)20)13-6-11-7-21-23-17(11)14-8-22-24-18(13)14;1-3-5-4-2/h3-5,7-8,10H,6H2,1-2H3,(H,21,23)(H,22,24);3-5H2,1-2H3/b13-9+;. The molecule has 2 aromatic heterocycles. The van der Waals surface area contributed by atoms with Gasteiger partial charge >= 0.3 is 0 Å². The van der Waals surface area contributed by atoms with E-state index < -0.39 is 12.0 Å². The summed E-state index contributed by atoms with van der Waals surface area (Å²) >= 11 is 0. The minimum atomic E-state index is -1.25. The Kier molecular flexibility index (Phi) is 6.62. The van der Waals surface area contributed by atoms with Crippen LogP contribution in [0, 0.1) is 5.82 Å². The van der Waals surface area contributed by atoms with Gasteiger partial charge in [0.1, 0.15) is 12.0 Å². The summed E-state index contributed by atoms with van der Waals surface area (Å²) in [6, 6.07) is 4.54. The molecule has 0 bridgehead atoms. The lowest BCUT2D eigenvalue weighted by Crippen LogP contribution is -2.05. The lowest BCUT2D eigenvalue weighted by Gasteiger charge is -2.20. The maximum absolute atomic E-state index is 14.5. The molecule has 0 saturated carbocycles. The van der Waals surface area contributed by atoms with Crippen LogP contribution in [0.25, 0.3) is 22.4 Å². The molecule has 2 heterocycles. The summed E-state index contributed by atoms with van der Waals surface area (Å²) in [6.45, 7) is 7.68. The Hall–Kier alpha value is -2.76. The van der Waals surface area contributed by atoms with Gasteiger partial charge in [0.05, 0.1) is 23.8 Å². The van der Waals surface area contributed by atoms with Crippen molar-refractivity contribution < 1.29 is 8.78 Å². The van der Waals surface area contributed by atoms with Gasteiger partial charge in [0.25, 0.3) is 0 Å². The largest absolute Gasteiger partial charge is 0.277 e. The summed E-state index contributed by atoms with van der Waals surface area (Å²) in [4.78, 5) is 0. The number of benzene rings is 1. The number of alkyl halides is 1. The Morgan fingerprint density at radius 2 is 1.79 bits per heavy atom. The zero-order valence-electron chi connectivity index (χ0n) is 17.4. The number of aromatic amines is 2. The molecule has 0 aliphatic heterocycles. The average Bonchev–Trinajstić information content (AvgIpc) is 3.36. The Bertz CT molecular complexity index is 996. The van der Waals surface area contributed by atoms with Crippen LogP contribution in [0.1, 0.15) is 75.5 Å². The molecule has 0 fully saturated rings. The van der Waals surface area contributed by atoms with Gasteiger partial charge in [-0.3, -0.25) is 10.2 Å². The molecule has 0 spiro atoms. The molecule has 154 valence electrons. The van der Waals surface area contributed by atoms with Gasteiger partial charge in [-0.25, -0.2) is 8.78 Å². The lowest BCUT2D eigenvalue weighted by molar-refractivity contribution is 0.372. The second-order valence-electron chi connectivity index (χ2n) is 7.38. The molecule has 0 amide bonds. The monoisotopic (exact) mass is 398 g/mol. The molecule has 6 heteroatoms. The van der Waals surface area contributed by atoms with E-state index in [-0.39, 0.29) is 0 Å². The fraction of sp³-hybridized carbons (Fsp3) is 0.391. The second-order valence-corrected chi connectivity index (χ2v) is 7.38. The first kappa shape index (κ1) is 21.0. The summed E-state index contributed by atoms with van der Waals surface area (Å²) in [5.41, 5.74) is 5.97. The van der Waals surface area contributed by atoms with Crippen molar-refractivity contribution in [3.05, 3.63) is 58.8 Å². The summed E-state index contributed by atoms with van der Waals surface area (Å²) < 4.78 is 28.5. The van der Waals surface area contributed by atoms with Gasteiger partial charge < -0.3 is 0 Å². The quantitative estimate of drug-likeness (QED) is 0.517. The second kappa shape index (κ2) is 9.16. The van der Waals surface area contributed by atoms with E-state index in [2.05, 4.69) is 34.2 Å². The van der Waals surface area contributed by atoms with Crippen molar-refractivity contribution in [3.63, 3.8) is 0 Å². The fourth-order valence-corrected chi connectivity index (χ4v) is 3.76. The van der Waals surface area contributed by atoms with Gasteiger partial charge in [0.2, 0.25) is 0 Å². The highest BCUT2D eigenvalue weighted by atomic mass is 19.1. The highest BCUT2D eigenvalue weighted by Crippen LogP contribution is 2.41. The number of H-pyrrole nitrogens is 2. The van der Waals surface area contributed by atoms with Crippen molar-refractivity contribution >= 4 is 11.1 Å². The van der Waals surface area contributed by atoms with E-state index in [1.54, 1.807) is 24.5 Å².